The molecule has 7 N–H and O–H groups in total. The molecule has 0 spiro atoms. The van der Waals surface area contributed by atoms with Gasteiger partial charge >= 0.3 is 110 Å². The SMILES string of the molecule is CI.Clc1cc2[nH]c3ncccc3c2cn1.ICI.Nc1cc(Cl)ncc1-c1cccnc1Cl.Nc1cc(Cl)ncc1I.OB(O)c1cccnc1Cl.[2H][I-]I.[I][V]([I])[I]. The summed E-state index contributed by atoms with van der Waals surface area (Å²) >= 11 is 46.5. The number of nitrogens with one attached hydrogen (secondary N) is 1. The summed E-state index contributed by atoms with van der Waals surface area (Å²) in [5.74, 6) is 0. The van der Waals surface area contributed by atoms with E-state index in [0.717, 1.165) is 36.6 Å². The van der Waals surface area contributed by atoms with Crippen LogP contribution in [0.2, 0.25) is 25.8 Å². The van der Waals surface area contributed by atoms with Crippen LogP contribution in [0.3, 0.4) is 0 Å². The first-order chi connectivity index (χ1) is 28.5. The van der Waals surface area contributed by atoms with Crippen molar-refractivity contribution < 1.29 is 33.4 Å². The van der Waals surface area contributed by atoms with Gasteiger partial charge in [0.25, 0.3) is 0 Å². The summed E-state index contributed by atoms with van der Waals surface area (Å²) in [5.41, 5.74) is 16.1. The van der Waals surface area contributed by atoms with Crippen molar-refractivity contribution in [3.63, 3.8) is 0 Å². The summed E-state index contributed by atoms with van der Waals surface area (Å²) in [6, 6.07) is 15.6. The number of nitrogen functional groups attached to an aromatic ring is 2. The van der Waals surface area contributed by atoms with Crippen LogP contribution in [0, 0.1) is 3.57 Å². The number of nitrogens with zero attached hydrogens (tertiary/aromatic N) is 6. The van der Waals surface area contributed by atoms with Gasteiger partial charge < -0.3 is 26.5 Å². The molecule has 0 amide bonds. The van der Waals surface area contributed by atoms with E-state index in [0.29, 0.717) is 32.0 Å². The second-order valence-corrected chi connectivity index (χ2v) is 52.4. The Morgan fingerprint density at radius 1 is 0.729 bits per heavy atom. The molecule has 0 aliphatic heterocycles. The Kier molecular flexibility index (Phi) is 37.5. The molecule has 0 aliphatic carbocycles. The average Bonchev–Trinajstić information content (AvgIpc) is 3.56. The maximum absolute atomic E-state index is 8.64. The van der Waals surface area contributed by atoms with Gasteiger partial charge in [0.2, 0.25) is 0 Å². The number of hydrogen-bond acceptors (Lipinski definition) is 10. The van der Waals surface area contributed by atoms with Gasteiger partial charge in [0.05, 0.1) is 11.5 Å². The van der Waals surface area contributed by atoms with Gasteiger partial charge in [-0.25, -0.2) is 29.9 Å². The van der Waals surface area contributed by atoms with Crippen molar-refractivity contribution in [1.29, 1.82) is 0.594 Å². The Bertz CT molecular complexity index is 2290. The van der Waals surface area contributed by atoms with Gasteiger partial charge in [-0.1, -0.05) is 132 Å². The van der Waals surface area contributed by atoms with Crippen LogP contribution in [0.4, 0.5) is 11.4 Å². The topological polar surface area (TPSA) is 186 Å². The minimum absolute atomic E-state index is 0.123. The number of hydrogen-bond donors (Lipinski definition) is 5. The van der Waals surface area contributed by atoms with Crippen LogP contribution in [0.25, 0.3) is 33.1 Å². The first-order valence-corrected chi connectivity index (χ1v) is 42.9. The zero-order valence-corrected chi connectivity index (χ0v) is 54.0. The van der Waals surface area contributed by atoms with Crippen molar-refractivity contribution in [3.05, 3.63) is 121 Å². The Hall–Kier alpha value is 2.89. The third-order valence-corrected chi connectivity index (χ3v) is 8.23. The Morgan fingerprint density at radius 2 is 1.20 bits per heavy atom. The predicted octanol–water partition coefficient (Wildman–Crippen LogP) is 10.3. The van der Waals surface area contributed by atoms with Crippen LogP contribution >= 0.6 is 227 Å². The van der Waals surface area contributed by atoms with Gasteiger partial charge in [0.1, 0.15) is 31.4 Å². The fourth-order valence-electron chi connectivity index (χ4n) is 3.87. The molecule has 0 atom stereocenters. The molecule has 0 saturated carbocycles. The third-order valence-electron chi connectivity index (χ3n) is 6.09. The van der Waals surface area contributed by atoms with E-state index in [1.807, 2.05) is 23.1 Å². The van der Waals surface area contributed by atoms with Crippen molar-refractivity contribution in [2.45, 2.75) is 0 Å². The quantitative estimate of drug-likeness (QED) is 0.0483. The number of aromatic amines is 1. The molecule has 11 nitrogen and oxygen atoms in total. The number of aromatic nitrogens is 7. The normalized spacial score (nSPS) is 9.75. The summed E-state index contributed by atoms with van der Waals surface area (Å²) in [6.45, 7) is 0. The fraction of sp³-hybridized carbons (Fsp3) is 0.0625. The Labute approximate surface area is 483 Å². The molecule has 0 radical (unpaired) electrons. The van der Waals surface area contributed by atoms with Gasteiger partial charge in [-0.05, 0) is 76.1 Å². The minimum atomic E-state index is -1.54. The van der Waals surface area contributed by atoms with Crippen molar-refractivity contribution in [2.75, 3.05) is 18.8 Å². The van der Waals surface area contributed by atoms with E-state index in [9.17, 15) is 0 Å². The number of anilines is 2. The molecule has 7 heterocycles. The molecular weight excluding hydrogens is 1920 g/mol. The van der Waals surface area contributed by atoms with Crippen molar-refractivity contribution in [1.82, 2.24) is 34.9 Å². The summed E-state index contributed by atoms with van der Waals surface area (Å²) in [7, 11) is -1.54. The van der Waals surface area contributed by atoms with E-state index in [1.54, 1.807) is 61.3 Å². The average molecular weight is 1950 g/mol. The number of halogens is 14. The second kappa shape index (κ2) is 36.9. The number of rotatable bonds is 2. The molecule has 0 aromatic carbocycles. The van der Waals surface area contributed by atoms with Crippen LogP contribution in [-0.4, -0.2) is 60.0 Å². The summed E-state index contributed by atoms with van der Waals surface area (Å²) in [4.78, 5) is 28.5. The molecule has 0 fully saturated rings. The van der Waals surface area contributed by atoms with Gasteiger partial charge in [0, 0.05) is 75.9 Å². The zero-order chi connectivity index (χ0) is 45.8. The van der Waals surface area contributed by atoms with Crippen LogP contribution < -0.4 is 35.3 Å². The Morgan fingerprint density at radius 3 is 1.69 bits per heavy atom. The van der Waals surface area contributed by atoms with Gasteiger partial charge in [-0.15, -0.1) is 0 Å². The molecule has 0 aliphatic rings. The number of alkyl halides is 3. The summed E-state index contributed by atoms with van der Waals surface area (Å²) in [6.07, 6.45) is 9.84. The molecular formula is C32H28BCl5I9N9O2V-. The number of nitrogens with two attached hydrogens (primary N) is 2. The van der Waals surface area contributed by atoms with E-state index in [-0.39, 0.29) is 34.0 Å². The van der Waals surface area contributed by atoms with E-state index in [1.165, 1.54) is 14.7 Å². The molecule has 59 heavy (non-hydrogen) atoms. The fourth-order valence-corrected chi connectivity index (χ4v) is 5.10. The second-order valence-electron chi connectivity index (χ2n) is 9.59. The van der Waals surface area contributed by atoms with Crippen LogP contribution in [0.5, 0.6) is 0 Å². The van der Waals surface area contributed by atoms with Crippen molar-refractivity contribution >= 4 is 273 Å². The maximum atomic E-state index is 8.64. The first-order valence-electron chi connectivity index (χ1n) is 15.3. The Balaban J connectivity index is 0.000000720. The molecule has 0 unspecified atom stereocenters. The van der Waals surface area contributed by atoms with Crippen LogP contribution in [-0.2, 0) is 4.92 Å². The molecule has 7 aromatic heterocycles. The molecule has 320 valence electrons. The third kappa shape index (κ3) is 25.6. The van der Waals surface area contributed by atoms with Crippen LogP contribution in [0.1, 0.15) is 0 Å². The summed E-state index contributed by atoms with van der Waals surface area (Å²) in [5, 5.41) is 21.2. The van der Waals surface area contributed by atoms with Gasteiger partial charge in [0.15, 0.2) is 0 Å². The molecule has 7 aromatic rings. The number of H-pyrrole nitrogens is 1. The van der Waals surface area contributed by atoms with E-state index >= 15 is 0 Å². The van der Waals surface area contributed by atoms with Gasteiger partial charge in [-0.2, -0.15) is 0 Å². The summed E-state index contributed by atoms with van der Waals surface area (Å²) < 4.78 is 8.42. The first kappa shape index (κ1) is 59.9. The van der Waals surface area contributed by atoms with E-state index in [4.69, 9.17) is 80.1 Å². The van der Waals surface area contributed by atoms with E-state index < -0.39 is 7.12 Å². The standard InChI is InChI=1S/C10H7Cl2N3.C10H6ClN3.C5H5BClNO2.C5H4ClIN2.CH2I2.CH3I.HI2.3HI.V/c11-9-4-8(13)7(5-15-9)6-2-1-3-14-10(6)12;11-9-4-8-7(5-13-9)6-2-1-3-12-10(6)14-8;7-5-4(6(9)10)2-1-3-8-5;6-5-1-4(8)3(7)2-9-5;2-1-3;2*1-2;;;;/h1-5H,(H2,13,15);1-5H,(H,12,14);1-3,9-10H;1-2H,(H2,8,9);1H2;1H3;1H;3*1H;/q;;;;;;-1;;;;+3/p-3/i;;;;;;1D;;;;. The van der Waals surface area contributed by atoms with Gasteiger partial charge in [-0.3, -0.25) is 0 Å². The zero-order valence-electron chi connectivity index (χ0n) is 30.4. The van der Waals surface area contributed by atoms with E-state index in [2.05, 4.69) is 204 Å². The predicted molar refractivity (Wildman–Crippen MR) is 314 cm³/mol. The van der Waals surface area contributed by atoms with Crippen LogP contribution in [0.15, 0.2) is 91.8 Å². The number of fused-ring (bicyclic) bond motifs is 3. The molecule has 0 bridgehead atoms. The van der Waals surface area contributed by atoms with Crippen molar-refractivity contribution in [3.8, 4) is 11.1 Å². The monoisotopic (exact) mass is 1950 g/mol. The van der Waals surface area contributed by atoms with Crippen molar-refractivity contribution in [2.24, 2.45) is 0 Å². The molecule has 7 rings (SSSR count). The molecule has 0 saturated heterocycles. The molecule has 27 heteroatoms. The number of pyridine rings is 6.